The molecule has 2 atom stereocenters. The van der Waals surface area contributed by atoms with Crippen LogP contribution in [0.15, 0.2) is 53.4 Å². The van der Waals surface area contributed by atoms with Gasteiger partial charge in [0, 0.05) is 17.6 Å². The summed E-state index contributed by atoms with van der Waals surface area (Å²) in [6, 6.07) is 13.9. The van der Waals surface area contributed by atoms with E-state index in [1.54, 1.807) is 24.3 Å². The molecular formula is C23H30N2O3S. The summed E-state index contributed by atoms with van der Waals surface area (Å²) < 4.78 is 28.1. The van der Waals surface area contributed by atoms with Crippen LogP contribution in [0.4, 0.5) is 5.69 Å². The molecule has 2 unspecified atom stereocenters. The molecule has 29 heavy (non-hydrogen) atoms. The van der Waals surface area contributed by atoms with E-state index in [-0.39, 0.29) is 16.8 Å². The van der Waals surface area contributed by atoms with E-state index >= 15 is 0 Å². The van der Waals surface area contributed by atoms with Crippen LogP contribution in [0.3, 0.4) is 0 Å². The zero-order valence-corrected chi connectivity index (χ0v) is 18.4. The number of anilines is 1. The summed E-state index contributed by atoms with van der Waals surface area (Å²) in [5, 5.41) is 0. The highest BCUT2D eigenvalue weighted by Gasteiger charge is 2.37. The van der Waals surface area contributed by atoms with E-state index in [1.807, 2.05) is 24.0 Å². The molecule has 1 aliphatic rings. The van der Waals surface area contributed by atoms with Crippen molar-refractivity contribution in [3.63, 3.8) is 0 Å². The van der Waals surface area contributed by atoms with E-state index in [1.165, 1.54) is 12.1 Å². The Morgan fingerprint density at radius 3 is 2.28 bits per heavy atom. The topological polar surface area (TPSA) is 66.5 Å². The molecule has 0 spiro atoms. The van der Waals surface area contributed by atoms with E-state index in [2.05, 4.69) is 25.5 Å². The van der Waals surface area contributed by atoms with E-state index in [4.69, 9.17) is 0 Å². The number of carbonyl (C=O) groups is 1. The van der Waals surface area contributed by atoms with Crippen LogP contribution < -0.4 is 4.72 Å². The number of nitrogens with zero attached hydrogens (tertiary/aromatic N) is 1. The average molecular weight is 415 g/mol. The number of aryl methyl sites for hydroxylation is 1. The molecule has 0 radical (unpaired) electrons. The predicted molar refractivity (Wildman–Crippen MR) is 117 cm³/mol. The van der Waals surface area contributed by atoms with Crippen molar-refractivity contribution in [3.8, 4) is 0 Å². The summed E-state index contributed by atoms with van der Waals surface area (Å²) in [6.07, 6.45) is 3.10. The van der Waals surface area contributed by atoms with Gasteiger partial charge in [-0.15, -0.1) is 0 Å². The van der Waals surface area contributed by atoms with Gasteiger partial charge >= 0.3 is 0 Å². The first kappa shape index (κ1) is 21.4. The van der Waals surface area contributed by atoms with Crippen molar-refractivity contribution < 1.29 is 13.2 Å². The number of sulfonamides is 1. The molecule has 0 aromatic heterocycles. The van der Waals surface area contributed by atoms with Gasteiger partial charge in [0.05, 0.1) is 10.6 Å². The Hall–Kier alpha value is -2.34. The normalized spacial score (nSPS) is 16.1. The zero-order chi connectivity index (χ0) is 21.2. The molecule has 2 aromatic carbocycles. The van der Waals surface area contributed by atoms with Crippen LogP contribution in [0.5, 0.6) is 0 Å². The molecule has 0 bridgehead atoms. The molecule has 1 saturated carbocycles. The molecule has 0 saturated heterocycles. The van der Waals surface area contributed by atoms with Crippen LogP contribution in [-0.2, 0) is 10.0 Å². The van der Waals surface area contributed by atoms with Gasteiger partial charge in [0.2, 0.25) is 0 Å². The lowest BCUT2D eigenvalue weighted by Gasteiger charge is -2.33. The number of carbonyl (C=O) groups excluding carboxylic acids is 1. The molecule has 1 N–H and O–H groups in total. The second kappa shape index (κ2) is 8.57. The molecule has 1 amide bonds. The average Bonchev–Trinajstić information content (AvgIpc) is 3.54. The second-order valence-corrected chi connectivity index (χ2v) is 9.70. The highest BCUT2D eigenvalue weighted by molar-refractivity contribution is 7.92. The maximum Gasteiger partial charge on any atom is 0.261 e. The third-order valence-electron chi connectivity index (χ3n) is 5.88. The quantitative estimate of drug-likeness (QED) is 0.672. The summed E-state index contributed by atoms with van der Waals surface area (Å²) >= 11 is 0. The first-order valence-electron chi connectivity index (χ1n) is 10.3. The van der Waals surface area contributed by atoms with Gasteiger partial charge in [0.25, 0.3) is 15.9 Å². The number of hydrogen-bond donors (Lipinski definition) is 1. The summed E-state index contributed by atoms with van der Waals surface area (Å²) in [5.74, 6) is 0.397. The van der Waals surface area contributed by atoms with E-state index in [0.717, 1.165) is 24.8 Å². The van der Waals surface area contributed by atoms with Crippen molar-refractivity contribution in [2.75, 3.05) is 4.72 Å². The third kappa shape index (κ3) is 4.81. The van der Waals surface area contributed by atoms with Crippen LogP contribution in [0.1, 0.15) is 56.0 Å². The monoisotopic (exact) mass is 414 g/mol. The van der Waals surface area contributed by atoms with E-state index < -0.39 is 10.0 Å². The molecule has 2 aromatic rings. The molecule has 0 aliphatic heterocycles. The highest BCUT2D eigenvalue weighted by atomic mass is 32.2. The van der Waals surface area contributed by atoms with Crippen molar-refractivity contribution >= 4 is 21.6 Å². The minimum Gasteiger partial charge on any atom is -0.333 e. The van der Waals surface area contributed by atoms with Crippen LogP contribution >= 0.6 is 0 Å². The Balaban J connectivity index is 1.80. The number of para-hydroxylation sites is 1. The minimum absolute atomic E-state index is 0.0175. The number of amides is 1. The first-order chi connectivity index (χ1) is 13.7. The number of rotatable bonds is 8. The Kier molecular flexibility index (Phi) is 6.32. The zero-order valence-electron chi connectivity index (χ0n) is 17.6. The van der Waals surface area contributed by atoms with Gasteiger partial charge < -0.3 is 4.90 Å². The molecule has 0 heterocycles. The molecule has 156 valence electrons. The number of hydrogen-bond acceptors (Lipinski definition) is 3. The fourth-order valence-corrected chi connectivity index (χ4v) is 4.60. The Bertz CT molecular complexity index is 966. The van der Waals surface area contributed by atoms with Gasteiger partial charge in [0.1, 0.15) is 0 Å². The number of nitrogens with one attached hydrogen (secondary N) is 1. The van der Waals surface area contributed by atoms with Crippen molar-refractivity contribution in [2.24, 2.45) is 5.92 Å². The predicted octanol–water partition coefficient (Wildman–Crippen LogP) is 4.84. The smallest absolute Gasteiger partial charge is 0.261 e. The molecule has 5 nitrogen and oxygen atoms in total. The second-order valence-electron chi connectivity index (χ2n) is 8.01. The standard InChI is InChI=1S/C23H30N2O3S/c1-5-16(2)18(4)25(20-12-13-20)23(26)19-10-14-21(15-11-19)29(27,28)24-22-9-7-6-8-17(22)3/h6-11,14-16,18,20,24H,5,12-13H2,1-4H3. The lowest BCUT2D eigenvalue weighted by atomic mass is 9.98. The van der Waals surface area contributed by atoms with Crippen molar-refractivity contribution in [3.05, 3.63) is 59.7 Å². The van der Waals surface area contributed by atoms with Gasteiger partial charge in [0.15, 0.2) is 0 Å². The van der Waals surface area contributed by atoms with Gasteiger partial charge in [-0.3, -0.25) is 9.52 Å². The third-order valence-corrected chi connectivity index (χ3v) is 7.26. The fraction of sp³-hybridized carbons (Fsp3) is 0.435. The molecule has 1 aliphatic carbocycles. The SMILES string of the molecule is CCC(C)C(C)N(C(=O)c1ccc(S(=O)(=O)Nc2ccccc2C)cc1)C1CC1. The van der Waals surface area contributed by atoms with E-state index in [0.29, 0.717) is 23.2 Å². The molecule has 3 rings (SSSR count). The van der Waals surface area contributed by atoms with Gasteiger partial charge in [-0.2, -0.15) is 0 Å². The molecule has 1 fully saturated rings. The highest BCUT2D eigenvalue weighted by Crippen LogP contribution is 2.33. The Morgan fingerprint density at radius 1 is 1.10 bits per heavy atom. The van der Waals surface area contributed by atoms with Crippen LogP contribution in [-0.4, -0.2) is 31.3 Å². The summed E-state index contributed by atoms with van der Waals surface area (Å²) in [5.41, 5.74) is 1.93. The van der Waals surface area contributed by atoms with Gasteiger partial charge in [-0.25, -0.2) is 8.42 Å². The first-order valence-corrected chi connectivity index (χ1v) is 11.7. The van der Waals surface area contributed by atoms with Gasteiger partial charge in [-0.05, 0) is 68.5 Å². The van der Waals surface area contributed by atoms with Crippen molar-refractivity contribution in [2.45, 2.75) is 63.9 Å². The van der Waals surface area contributed by atoms with Crippen LogP contribution in [0.2, 0.25) is 0 Å². The minimum atomic E-state index is -3.71. The summed E-state index contributed by atoms with van der Waals surface area (Å²) in [4.78, 5) is 15.3. The van der Waals surface area contributed by atoms with Crippen LogP contribution in [0.25, 0.3) is 0 Å². The fourth-order valence-electron chi connectivity index (χ4n) is 3.47. The van der Waals surface area contributed by atoms with E-state index in [9.17, 15) is 13.2 Å². The number of benzene rings is 2. The molecule has 6 heteroatoms. The summed E-state index contributed by atoms with van der Waals surface area (Å²) in [7, 11) is -3.71. The summed E-state index contributed by atoms with van der Waals surface area (Å²) in [6.45, 7) is 8.26. The largest absolute Gasteiger partial charge is 0.333 e. The van der Waals surface area contributed by atoms with Crippen molar-refractivity contribution in [1.82, 2.24) is 4.90 Å². The van der Waals surface area contributed by atoms with Gasteiger partial charge in [-0.1, -0.05) is 38.5 Å². The molecular weight excluding hydrogens is 384 g/mol. The lowest BCUT2D eigenvalue weighted by Crippen LogP contribution is -2.43. The maximum absolute atomic E-state index is 13.1. The van der Waals surface area contributed by atoms with Crippen molar-refractivity contribution in [1.29, 1.82) is 0 Å². The van der Waals surface area contributed by atoms with Crippen LogP contribution in [0, 0.1) is 12.8 Å². The maximum atomic E-state index is 13.1. The Morgan fingerprint density at radius 2 is 1.72 bits per heavy atom. The lowest BCUT2D eigenvalue weighted by molar-refractivity contribution is 0.0615. The Labute approximate surface area is 174 Å².